The maximum absolute atomic E-state index is 9.97. The number of aliphatic hydroxyl groups excluding tert-OH is 1. The first kappa shape index (κ1) is 9.01. The van der Waals surface area contributed by atoms with Gasteiger partial charge in [0.15, 0.2) is 0 Å². The maximum Gasteiger partial charge on any atom is 0.311 e. The molecule has 3 heteroatoms. The molecule has 3 nitrogen and oxygen atoms in total. The van der Waals surface area contributed by atoms with Crippen LogP contribution in [0.1, 0.15) is 26.2 Å². The Bertz CT molecular complexity index is 138. The molecular weight excluding hydrogens is 132 g/mol. The molecule has 0 saturated heterocycles. The van der Waals surface area contributed by atoms with Crippen LogP contribution in [0.3, 0.4) is 0 Å². The number of carboxylic acid groups (broad SMARTS) is 1. The van der Waals surface area contributed by atoms with Gasteiger partial charge in [0.05, 0.1) is 5.76 Å². The molecule has 0 aliphatic heterocycles. The number of aliphatic hydroxyl groups is 1. The summed E-state index contributed by atoms with van der Waals surface area (Å²) in [5, 5.41) is 17.0. The molecule has 58 valence electrons. The van der Waals surface area contributed by atoms with Crippen LogP contribution in [0.5, 0.6) is 0 Å². The zero-order valence-electron chi connectivity index (χ0n) is 6.00. The average Bonchev–Trinajstić information content (AvgIpc) is 1.82. The topological polar surface area (TPSA) is 57.5 Å². The summed E-state index contributed by atoms with van der Waals surface area (Å²) >= 11 is 0. The second-order valence-electron chi connectivity index (χ2n) is 2.05. The largest absolute Gasteiger partial charge is 0.512 e. The van der Waals surface area contributed by atoms with Gasteiger partial charge in [-0.05, 0) is 12.5 Å². The number of carbonyl (C=O) groups is 1. The number of rotatable bonds is 4. The summed E-state index contributed by atoms with van der Waals surface area (Å²) < 4.78 is 0. The molecule has 0 heterocycles. The van der Waals surface area contributed by atoms with Gasteiger partial charge in [0.25, 0.3) is 0 Å². The molecule has 2 N–H and O–H groups in total. The van der Waals surface area contributed by atoms with E-state index in [1.165, 1.54) is 6.08 Å². The first-order valence-corrected chi connectivity index (χ1v) is 3.26. The van der Waals surface area contributed by atoms with E-state index in [-0.39, 0.29) is 12.2 Å². The fourth-order valence-electron chi connectivity index (χ4n) is 0.538. The van der Waals surface area contributed by atoms with Crippen molar-refractivity contribution >= 4 is 5.97 Å². The van der Waals surface area contributed by atoms with Crippen molar-refractivity contribution in [1.82, 2.24) is 0 Å². The monoisotopic (exact) mass is 144 g/mol. The van der Waals surface area contributed by atoms with Gasteiger partial charge < -0.3 is 10.2 Å². The smallest absolute Gasteiger partial charge is 0.311 e. The first-order valence-electron chi connectivity index (χ1n) is 3.26. The zero-order chi connectivity index (χ0) is 7.98. The third-order valence-corrected chi connectivity index (χ3v) is 1.00. The van der Waals surface area contributed by atoms with Gasteiger partial charge >= 0.3 is 5.97 Å². The van der Waals surface area contributed by atoms with Crippen molar-refractivity contribution in [2.24, 2.45) is 0 Å². The van der Waals surface area contributed by atoms with Crippen molar-refractivity contribution in [3.63, 3.8) is 0 Å². The van der Waals surface area contributed by atoms with E-state index in [0.29, 0.717) is 0 Å². The van der Waals surface area contributed by atoms with Crippen LogP contribution in [0, 0.1) is 0 Å². The van der Waals surface area contributed by atoms with Crippen LogP contribution in [0.15, 0.2) is 11.8 Å². The Hall–Kier alpha value is -0.990. The van der Waals surface area contributed by atoms with Gasteiger partial charge in [-0.25, -0.2) is 0 Å². The first-order chi connectivity index (χ1) is 4.66. The quantitative estimate of drug-likeness (QED) is 0.590. The zero-order valence-corrected chi connectivity index (χ0v) is 6.00. The predicted octanol–water partition coefficient (Wildman–Crippen LogP) is 1.70. The van der Waals surface area contributed by atoms with Crippen LogP contribution in [-0.2, 0) is 4.79 Å². The molecule has 0 bridgehead atoms. The summed E-state index contributed by atoms with van der Waals surface area (Å²) in [6.07, 6.45) is 2.93. The number of unbranched alkanes of at least 4 members (excludes halogenated alkanes) is 1. The van der Waals surface area contributed by atoms with Gasteiger partial charge in [0.2, 0.25) is 0 Å². The molecular formula is C7H12O3. The van der Waals surface area contributed by atoms with E-state index in [9.17, 15) is 4.79 Å². The minimum Gasteiger partial charge on any atom is -0.512 e. The van der Waals surface area contributed by atoms with E-state index in [1.54, 1.807) is 0 Å². The Morgan fingerprint density at radius 3 is 2.50 bits per heavy atom. The molecule has 0 amide bonds. The van der Waals surface area contributed by atoms with E-state index in [4.69, 9.17) is 10.2 Å². The number of allylic oxidation sites excluding steroid dienone is 1. The standard InChI is InChI=1S/C7H12O3/c1-2-3-4-6(8)5-7(9)10/h4,8H,2-3,5H2,1H3,(H,9,10). The lowest BCUT2D eigenvalue weighted by atomic mass is 10.2. The van der Waals surface area contributed by atoms with Crippen molar-refractivity contribution < 1.29 is 15.0 Å². The summed E-state index contributed by atoms with van der Waals surface area (Å²) in [6.45, 7) is 1.96. The molecule has 10 heavy (non-hydrogen) atoms. The number of hydrogen-bond acceptors (Lipinski definition) is 2. The fraction of sp³-hybridized carbons (Fsp3) is 0.571. The highest BCUT2D eigenvalue weighted by Gasteiger charge is 1.98. The lowest BCUT2D eigenvalue weighted by Gasteiger charge is -1.92. The molecule has 0 aliphatic carbocycles. The molecule has 0 aromatic rings. The van der Waals surface area contributed by atoms with Gasteiger partial charge in [-0.15, -0.1) is 0 Å². The van der Waals surface area contributed by atoms with Gasteiger partial charge in [0, 0.05) is 0 Å². The Labute approximate surface area is 60.0 Å². The molecule has 0 atom stereocenters. The summed E-state index contributed by atoms with van der Waals surface area (Å²) in [7, 11) is 0. The minimum absolute atomic E-state index is 0.0469. The fourth-order valence-corrected chi connectivity index (χ4v) is 0.538. The summed E-state index contributed by atoms with van der Waals surface area (Å²) in [5.74, 6) is -1.04. The second kappa shape index (κ2) is 4.85. The average molecular weight is 144 g/mol. The third kappa shape index (κ3) is 5.15. The van der Waals surface area contributed by atoms with Crippen LogP contribution in [0.4, 0.5) is 0 Å². The normalized spacial score (nSPS) is 11.5. The molecule has 0 saturated carbocycles. The summed E-state index contributed by atoms with van der Waals surface area (Å²) in [6, 6.07) is 0. The summed E-state index contributed by atoms with van der Waals surface area (Å²) in [4.78, 5) is 9.97. The minimum atomic E-state index is -0.996. The van der Waals surface area contributed by atoms with Crippen LogP contribution < -0.4 is 0 Å². The Balaban J connectivity index is 3.59. The number of aliphatic carboxylic acids is 1. The van der Waals surface area contributed by atoms with Crippen molar-refractivity contribution in [3.05, 3.63) is 11.8 Å². The van der Waals surface area contributed by atoms with E-state index in [0.717, 1.165) is 12.8 Å². The van der Waals surface area contributed by atoms with E-state index < -0.39 is 5.97 Å². The van der Waals surface area contributed by atoms with E-state index >= 15 is 0 Å². The van der Waals surface area contributed by atoms with Crippen molar-refractivity contribution in [2.75, 3.05) is 0 Å². The Morgan fingerprint density at radius 2 is 2.10 bits per heavy atom. The highest BCUT2D eigenvalue weighted by atomic mass is 16.4. The highest BCUT2D eigenvalue weighted by molar-refractivity contribution is 5.69. The van der Waals surface area contributed by atoms with Gasteiger partial charge in [-0.3, -0.25) is 4.79 Å². The molecule has 0 spiro atoms. The van der Waals surface area contributed by atoms with Gasteiger partial charge in [-0.1, -0.05) is 13.3 Å². The van der Waals surface area contributed by atoms with Crippen molar-refractivity contribution in [2.45, 2.75) is 26.2 Å². The lowest BCUT2D eigenvalue weighted by molar-refractivity contribution is -0.136. The SMILES string of the molecule is CCCC=C(O)CC(=O)O. The number of hydrogen-bond donors (Lipinski definition) is 2. The Morgan fingerprint density at radius 1 is 1.50 bits per heavy atom. The predicted molar refractivity (Wildman–Crippen MR) is 37.9 cm³/mol. The molecule has 0 radical (unpaired) electrons. The second-order valence-corrected chi connectivity index (χ2v) is 2.05. The van der Waals surface area contributed by atoms with E-state index in [2.05, 4.69) is 0 Å². The Kier molecular flexibility index (Phi) is 4.37. The van der Waals surface area contributed by atoms with Crippen LogP contribution in [0.25, 0.3) is 0 Å². The van der Waals surface area contributed by atoms with Crippen molar-refractivity contribution in [3.8, 4) is 0 Å². The van der Waals surface area contributed by atoms with Gasteiger partial charge in [-0.2, -0.15) is 0 Å². The molecule has 0 rings (SSSR count). The molecule has 0 fully saturated rings. The molecule has 0 aliphatic rings. The van der Waals surface area contributed by atoms with E-state index in [1.807, 2.05) is 6.92 Å². The highest BCUT2D eigenvalue weighted by Crippen LogP contribution is 1.99. The lowest BCUT2D eigenvalue weighted by Crippen LogP contribution is -1.96. The molecule has 0 aromatic carbocycles. The molecule has 0 unspecified atom stereocenters. The summed E-state index contributed by atoms with van der Waals surface area (Å²) in [5.41, 5.74) is 0. The third-order valence-electron chi connectivity index (χ3n) is 1.00. The molecule has 0 aromatic heterocycles. The van der Waals surface area contributed by atoms with Gasteiger partial charge in [0.1, 0.15) is 6.42 Å². The van der Waals surface area contributed by atoms with Crippen molar-refractivity contribution in [1.29, 1.82) is 0 Å². The maximum atomic E-state index is 9.97. The number of carboxylic acids is 1. The van der Waals surface area contributed by atoms with Crippen LogP contribution in [-0.4, -0.2) is 16.2 Å². The van der Waals surface area contributed by atoms with Crippen LogP contribution in [0.2, 0.25) is 0 Å². The van der Waals surface area contributed by atoms with Crippen LogP contribution >= 0.6 is 0 Å².